The van der Waals surface area contributed by atoms with Crippen LogP contribution in [0.2, 0.25) is 0 Å². The minimum absolute atomic E-state index is 0.0725. The maximum absolute atomic E-state index is 10.6. The van der Waals surface area contributed by atoms with Crippen LogP contribution in [0.1, 0.15) is 51.8 Å². The van der Waals surface area contributed by atoms with Crippen molar-refractivity contribution in [3.63, 3.8) is 0 Å². The van der Waals surface area contributed by atoms with E-state index in [0.717, 1.165) is 17.9 Å². The Kier molecular flexibility index (Phi) is 6.24. The van der Waals surface area contributed by atoms with Crippen molar-refractivity contribution in [2.24, 2.45) is 4.99 Å². The fraction of sp³-hybridized carbons (Fsp3) is 0.556. The minimum atomic E-state index is -0.960. The fourth-order valence-corrected chi connectivity index (χ4v) is 2.93. The lowest BCUT2D eigenvalue weighted by molar-refractivity contribution is 0.0621. The van der Waals surface area contributed by atoms with Gasteiger partial charge in [-0.25, -0.2) is 9.98 Å². The molecule has 0 aliphatic rings. The van der Waals surface area contributed by atoms with Gasteiger partial charge in [-0.05, 0) is 36.2 Å². The number of hydrogen-bond acceptors (Lipinski definition) is 5. The van der Waals surface area contributed by atoms with Gasteiger partial charge in [-0.3, -0.25) is 0 Å². The second kappa shape index (κ2) is 8.01. The molecule has 7 heteroatoms. The quantitative estimate of drug-likeness (QED) is 0.542. The molecule has 2 heterocycles. The van der Waals surface area contributed by atoms with Gasteiger partial charge < -0.3 is 20.2 Å². The van der Waals surface area contributed by atoms with Crippen molar-refractivity contribution in [1.29, 1.82) is 0 Å². The van der Waals surface area contributed by atoms with Gasteiger partial charge in [-0.15, -0.1) is 0 Å². The van der Waals surface area contributed by atoms with E-state index < -0.39 is 5.60 Å². The highest BCUT2D eigenvalue weighted by atomic mass is 32.1. The summed E-state index contributed by atoms with van der Waals surface area (Å²) in [7, 11) is 0. The van der Waals surface area contributed by atoms with E-state index in [1.807, 2.05) is 23.8 Å². The summed E-state index contributed by atoms with van der Waals surface area (Å²) in [5.41, 5.74) is -0.140. The summed E-state index contributed by atoms with van der Waals surface area (Å²) < 4.78 is 5.76. The van der Waals surface area contributed by atoms with E-state index in [0.29, 0.717) is 24.9 Å². The molecule has 0 saturated carbocycles. The predicted molar refractivity (Wildman–Crippen MR) is 102 cm³/mol. The van der Waals surface area contributed by atoms with Crippen LogP contribution in [0.25, 0.3) is 0 Å². The van der Waals surface area contributed by atoms with Crippen molar-refractivity contribution < 1.29 is 9.52 Å². The SMILES string of the molecule is CCNC(=NCc1ncc(C(C)(C)C)o1)NCC(C)(O)c1ccsc1. The second-order valence-corrected chi connectivity index (χ2v) is 7.98. The number of aromatic nitrogens is 1. The first-order valence-corrected chi connectivity index (χ1v) is 9.39. The molecule has 2 aromatic heterocycles. The summed E-state index contributed by atoms with van der Waals surface area (Å²) in [4.78, 5) is 8.78. The predicted octanol–water partition coefficient (Wildman–Crippen LogP) is 3.00. The average Bonchev–Trinajstić information content (AvgIpc) is 3.20. The van der Waals surface area contributed by atoms with Crippen LogP contribution in [0.3, 0.4) is 0 Å². The number of aliphatic hydroxyl groups is 1. The average molecular weight is 365 g/mol. The van der Waals surface area contributed by atoms with Gasteiger partial charge in [0.05, 0.1) is 12.7 Å². The summed E-state index contributed by atoms with van der Waals surface area (Å²) in [6.45, 7) is 11.5. The maximum atomic E-state index is 10.6. The Labute approximate surface area is 153 Å². The number of hydrogen-bond donors (Lipinski definition) is 3. The number of guanidine groups is 1. The highest BCUT2D eigenvalue weighted by Gasteiger charge is 2.24. The van der Waals surface area contributed by atoms with Gasteiger partial charge in [-0.2, -0.15) is 11.3 Å². The van der Waals surface area contributed by atoms with E-state index in [-0.39, 0.29) is 5.41 Å². The van der Waals surface area contributed by atoms with E-state index in [1.165, 1.54) is 0 Å². The molecule has 0 aromatic carbocycles. The van der Waals surface area contributed by atoms with E-state index in [4.69, 9.17) is 4.42 Å². The van der Waals surface area contributed by atoms with Crippen LogP contribution < -0.4 is 10.6 Å². The molecule has 138 valence electrons. The standard InChI is InChI=1S/C18H28N4O2S/c1-6-19-16(22-12-18(5,23)13-7-8-25-11-13)21-10-15-20-9-14(24-15)17(2,3)4/h7-9,11,23H,6,10,12H2,1-5H3,(H2,19,21,22). The smallest absolute Gasteiger partial charge is 0.216 e. The molecule has 0 aliphatic carbocycles. The molecule has 6 nitrogen and oxygen atoms in total. The Morgan fingerprint density at radius 1 is 1.32 bits per heavy atom. The van der Waals surface area contributed by atoms with E-state index in [1.54, 1.807) is 24.5 Å². The number of oxazole rings is 1. The zero-order valence-corrected chi connectivity index (χ0v) is 16.4. The first-order valence-electron chi connectivity index (χ1n) is 8.45. The molecule has 0 saturated heterocycles. The van der Waals surface area contributed by atoms with E-state index >= 15 is 0 Å². The molecule has 25 heavy (non-hydrogen) atoms. The summed E-state index contributed by atoms with van der Waals surface area (Å²) in [6.07, 6.45) is 1.76. The second-order valence-electron chi connectivity index (χ2n) is 7.20. The lowest BCUT2D eigenvalue weighted by Crippen LogP contribution is -2.44. The molecule has 3 N–H and O–H groups in total. The molecule has 0 bridgehead atoms. The molecule has 0 amide bonds. The Balaban J connectivity index is 2.00. The van der Waals surface area contributed by atoms with Crippen molar-refractivity contribution in [2.45, 2.75) is 52.2 Å². The first-order chi connectivity index (χ1) is 11.7. The third-order valence-corrected chi connectivity index (χ3v) is 4.44. The van der Waals surface area contributed by atoms with Gasteiger partial charge in [0, 0.05) is 12.0 Å². The molecule has 1 unspecified atom stereocenters. The largest absolute Gasteiger partial charge is 0.443 e. The normalized spacial score (nSPS) is 15.0. The highest BCUT2D eigenvalue weighted by Crippen LogP contribution is 2.23. The van der Waals surface area contributed by atoms with Gasteiger partial charge >= 0.3 is 0 Å². The molecular formula is C18H28N4O2S. The molecule has 0 radical (unpaired) electrons. The zero-order valence-electron chi connectivity index (χ0n) is 15.6. The van der Waals surface area contributed by atoms with Gasteiger partial charge in [0.2, 0.25) is 5.89 Å². The summed E-state index contributed by atoms with van der Waals surface area (Å²) in [5, 5.41) is 20.9. The summed E-state index contributed by atoms with van der Waals surface area (Å²) >= 11 is 1.57. The van der Waals surface area contributed by atoms with Gasteiger partial charge in [0.1, 0.15) is 17.9 Å². The third-order valence-electron chi connectivity index (χ3n) is 3.75. The first kappa shape index (κ1) is 19.5. The van der Waals surface area contributed by atoms with Crippen LogP contribution in [0.15, 0.2) is 32.4 Å². The zero-order chi connectivity index (χ0) is 18.5. The summed E-state index contributed by atoms with van der Waals surface area (Å²) in [5.74, 6) is 2.04. The highest BCUT2D eigenvalue weighted by molar-refractivity contribution is 7.08. The van der Waals surface area contributed by atoms with Crippen molar-refractivity contribution in [3.05, 3.63) is 40.2 Å². The van der Waals surface area contributed by atoms with Gasteiger partial charge in [0.15, 0.2) is 5.96 Å². The lowest BCUT2D eigenvalue weighted by Gasteiger charge is -2.24. The Hall–Kier alpha value is -1.86. The fourth-order valence-electron chi connectivity index (χ4n) is 2.15. The number of aliphatic imine (C=N–C) groups is 1. The molecule has 0 fully saturated rings. The van der Waals surface area contributed by atoms with E-state index in [9.17, 15) is 5.11 Å². The van der Waals surface area contributed by atoms with Crippen molar-refractivity contribution in [2.75, 3.05) is 13.1 Å². The topological polar surface area (TPSA) is 82.7 Å². The van der Waals surface area contributed by atoms with Gasteiger partial charge in [0.25, 0.3) is 0 Å². The van der Waals surface area contributed by atoms with Crippen LogP contribution in [0, 0.1) is 0 Å². The Bertz CT molecular complexity index is 684. The number of nitrogens with one attached hydrogen (secondary N) is 2. The van der Waals surface area contributed by atoms with Crippen LogP contribution >= 0.6 is 11.3 Å². The van der Waals surface area contributed by atoms with Crippen molar-refractivity contribution in [1.82, 2.24) is 15.6 Å². The van der Waals surface area contributed by atoms with E-state index in [2.05, 4.69) is 41.4 Å². The molecule has 0 spiro atoms. The maximum Gasteiger partial charge on any atom is 0.216 e. The van der Waals surface area contributed by atoms with Crippen molar-refractivity contribution in [3.8, 4) is 0 Å². The van der Waals surface area contributed by atoms with Crippen LogP contribution in [-0.4, -0.2) is 29.1 Å². The van der Waals surface area contributed by atoms with Crippen LogP contribution in [0.4, 0.5) is 0 Å². The van der Waals surface area contributed by atoms with Crippen LogP contribution in [0.5, 0.6) is 0 Å². The number of nitrogens with zero attached hydrogens (tertiary/aromatic N) is 2. The molecular weight excluding hydrogens is 336 g/mol. The molecule has 2 rings (SSSR count). The molecule has 2 aromatic rings. The van der Waals surface area contributed by atoms with Crippen LogP contribution in [-0.2, 0) is 17.6 Å². The minimum Gasteiger partial charge on any atom is -0.443 e. The van der Waals surface area contributed by atoms with Crippen molar-refractivity contribution >= 4 is 17.3 Å². The summed E-state index contributed by atoms with van der Waals surface area (Å²) in [6, 6.07) is 1.93. The Morgan fingerprint density at radius 3 is 2.64 bits per heavy atom. The third kappa shape index (κ3) is 5.57. The molecule has 0 aliphatic heterocycles. The Morgan fingerprint density at radius 2 is 2.08 bits per heavy atom. The number of rotatable bonds is 6. The van der Waals surface area contributed by atoms with Gasteiger partial charge in [-0.1, -0.05) is 20.8 Å². The molecule has 1 atom stereocenters. The monoisotopic (exact) mass is 364 g/mol. The number of thiophene rings is 1. The lowest BCUT2D eigenvalue weighted by atomic mass is 9.94.